The van der Waals surface area contributed by atoms with Crippen LogP contribution in [0.4, 0.5) is 4.79 Å². The Morgan fingerprint density at radius 2 is 1.84 bits per heavy atom. The molecule has 2 aromatic carbocycles. The molecule has 0 unspecified atom stereocenters. The Hall–Kier alpha value is -2.96. The van der Waals surface area contributed by atoms with Crippen LogP contribution in [0.5, 0.6) is 0 Å². The van der Waals surface area contributed by atoms with Crippen LogP contribution in [-0.2, 0) is 11.3 Å². The Labute approximate surface area is 223 Å². The number of ether oxygens (including phenoxy) is 1. The SMILES string of the molecule is Cc1cc(-n2ccc(COC(=O)N3CCC(N4CCCCC4)CC3)c2)c(C)c2c1[nH]c1ccc(Cl)cc12. The first kappa shape index (κ1) is 24.4. The minimum Gasteiger partial charge on any atom is -0.444 e. The van der Waals surface area contributed by atoms with E-state index in [0.29, 0.717) is 6.04 Å². The third-order valence-electron chi connectivity index (χ3n) is 8.29. The molecule has 0 saturated carbocycles. The molecule has 0 radical (unpaired) electrons. The van der Waals surface area contributed by atoms with Crippen LogP contribution < -0.4 is 0 Å². The zero-order valence-electron chi connectivity index (χ0n) is 21.7. The van der Waals surface area contributed by atoms with Gasteiger partial charge in [0, 0.05) is 69.6 Å². The number of aromatic nitrogens is 2. The smallest absolute Gasteiger partial charge is 0.410 e. The van der Waals surface area contributed by atoms with Crippen LogP contribution in [-0.4, -0.2) is 57.7 Å². The van der Waals surface area contributed by atoms with Crippen molar-refractivity contribution in [3.8, 4) is 5.69 Å². The number of amides is 1. The topological polar surface area (TPSA) is 53.5 Å². The number of rotatable bonds is 4. The van der Waals surface area contributed by atoms with Gasteiger partial charge < -0.3 is 24.1 Å². The zero-order valence-corrected chi connectivity index (χ0v) is 22.5. The van der Waals surface area contributed by atoms with E-state index in [0.717, 1.165) is 58.6 Å². The molecule has 4 aromatic rings. The van der Waals surface area contributed by atoms with E-state index in [-0.39, 0.29) is 12.7 Å². The van der Waals surface area contributed by atoms with Gasteiger partial charge in [-0.3, -0.25) is 0 Å². The molecule has 0 atom stereocenters. The minimum absolute atomic E-state index is 0.200. The Bertz CT molecular complexity index is 1440. The average molecular weight is 519 g/mol. The van der Waals surface area contributed by atoms with Gasteiger partial charge in [0.25, 0.3) is 0 Å². The molecule has 6 rings (SSSR count). The number of halogens is 1. The van der Waals surface area contributed by atoms with Crippen molar-refractivity contribution in [2.45, 2.75) is 58.6 Å². The number of benzene rings is 2. The van der Waals surface area contributed by atoms with E-state index in [2.05, 4.69) is 40.6 Å². The van der Waals surface area contributed by atoms with Gasteiger partial charge in [-0.15, -0.1) is 0 Å². The highest BCUT2D eigenvalue weighted by molar-refractivity contribution is 6.32. The number of nitrogens with zero attached hydrogens (tertiary/aromatic N) is 3. The van der Waals surface area contributed by atoms with Crippen LogP contribution in [0.1, 0.15) is 48.8 Å². The average Bonchev–Trinajstić information content (AvgIpc) is 3.55. The summed E-state index contributed by atoms with van der Waals surface area (Å²) in [6, 6.07) is 10.8. The number of aromatic amines is 1. The summed E-state index contributed by atoms with van der Waals surface area (Å²) in [5.74, 6) is 0. The van der Waals surface area contributed by atoms with Crippen molar-refractivity contribution in [1.82, 2.24) is 19.4 Å². The molecule has 2 saturated heterocycles. The van der Waals surface area contributed by atoms with Gasteiger partial charge in [-0.2, -0.15) is 0 Å². The predicted octanol–water partition coefficient (Wildman–Crippen LogP) is 6.97. The summed E-state index contributed by atoms with van der Waals surface area (Å²) < 4.78 is 7.84. The fraction of sp³-hybridized carbons (Fsp3) is 0.433. The van der Waals surface area contributed by atoms with E-state index < -0.39 is 0 Å². The Kier molecular flexibility index (Phi) is 6.63. The highest BCUT2D eigenvalue weighted by Crippen LogP contribution is 2.35. The maximum Gasteiger partial charge on any atom is 0.410 e. The molecule has 2 aliphatic heterocycles. The van der Waals surface area contributed by atoms with E-state index in [9.17, 15) is 4.79 Å². The van der Waals surface area contributed by atoms with E-state index in [1.165, 1.54) is 48.9 Å². The first-order valence-electron chi connectivity index (χ1n) is 13.5. The number of carbonyl (C=O) groups excluding carboxylic acids is 1. The van der Waals surface area contributed by atoms with E-state index >= 15 is 0 Å². The number of aryl methyl sites for hydroxylation is 2. The number of hydrogen-bond acceptors (Lipinski definition) is 3. The molecular weight excluding hydrogens is 484 g/mol. The number of nitrogens with one attached hydrogen (secondary N) is 1. The van der Waals surface area contributed by atoms with Crippen LogP contribution in [0.25, 0.3) is 27.5 Å². The van der Waals surface area contributed by atoms with Gasteiger partial charge in [0.15, 0.2) is 0 Å². The number of H-pyrrole nitrogens is 1. The molecule has 194 valence electrons. The molecule has 6 nitrogen and oxygen atoms in total. The normalized spacial score (nSPS) is 17.6. The molecule has 0 bridgehead atoms. The van der Waals surface area contributed by atoms with Gasteiger partial charge >= 0.3 is 6.09 Å². The third-order valence-corrected chi connectivity index (χ3v) is 8.53. The van der Waals surface area contributed by atoms with Gasteiger partial charge in [-0.05, 0) is 94.1 Å². The summed E-state index contributed by atoms with van der Waals surface area (Å²) in [5, 5.41) is 3.06. The molecule has 7 heteroatoms. The van der Waals surface area contributed by atoms with Gasteiger partial charge in [-0.25, -0.2) is 4.79 Å². The van der Waals surface area contributed by atoms with Crippen molar-refractivity contribution in [2.75, 3.05) is 26.2 Å². The summed E-state index contributed by atoms with van der Waals surface area (Å²) in [4.78, 5) is 20.8. The molecule has 4 heterocycles. The maximum atomic E-state index is 12.8. The minimum atomic E-state index is -0.200. The van der Waals surface area contributed by atoms with Gasteiger partial charge in [0.1, 0.15) is 6.61 Å². The predicted molar refractivity (Wildman–Crippen MR) is 150 cm³/mol. The monoisotopic (exact) mass is 518 g/mol. The lowest BCUT2D eigenvalue weighted by molar-refractivity contribution is 0.0627. The molecule has 2 aliphatic rings. The zero-order chi connectivity index (χ0) is 25.5. The van der Waals surface area contributed by atoms with E-state index in [1.54, 1.807) is 0 Å². The second kappa shape index (κ2) is 10.1. The van der Waals surface area contributed by atoms with Gasteiger partial charge in [-0.1, -0.05) is 18.0 Å². The lowest BCUT2D eigenvalue weighted by atomic mass is 10.0. The highest BCUT2D eigenvalue weighted by Gasteiger charge is 2.28. The summed E-state index contributed by atoms with van der Waals surface area (Å²) in [7, 11) is 0. The lowest BCUT2D eigenvalue weighted by Crippen LogP contribution is -2.48. The van der Waals surface area contributed by atoms with E-state index in [1.807, 2.05) is 35.4 Å². The molecule has 0 aliphatic carbocycles. The number of carbonyl (C=O) groups is 1. The molecular formula is C30H35ClN4O2. The summed E-state index contributed by atoms with van der Waals surface area (Å²) in [6.45, 7) is 8.56. The number of hydrogen-bond donors (Lipinski definition) is 1. The van der Waals surface area contributed by atoms with Crippen molar-refractivity contribution in [1.29, 1.82) is 0 Å². The van der Waals surface area contributed by atoms with Crippen LogP contribution >= 0.6 is 11.6 Å². The second-order valence-corrected chi connectivity index (χ2v) is 11.1. The Balaban J connectivity index is 1.13. The van der Waals surface area contributed by atoms with Crippen LogP contribution in [0.3, 0.4) is 0 Å². The molecule has 37 heavy (non-hydrogen) atoms. The van der Waals surface area contributed by atoms with Gasteiger partial charge in [0.2, 0.25) is 0 Å². The van der Waals surface area contributed by atoms with Crippen molar-refractivity contribution in [3.63, 3.8) is 0 Å². The van der Waals surface area contributed by atoms with Gasteiger partial charge in [0.05, 0.1) is 0 Å². The van der Waals surface area contributed by atoms with Crippen LogP contribution in [0.15, 0.2) is 42.7 Å². The van der Waals surface area contributed by atoms with Crippen LogP contribution in [0, 0.1) is 13.8 Å². The first-order chi connectivity index (χ1) is 18.0. The molecule has 1 N–H and O–H groups in total. The molecule has 2 fully saturated rings. The van der Waals surface area contributed by atoms with Crippen molar-refractivity contribution in [3.05, 3.63) is 64.4 Å². The molecule has 2 aromatic heterocycles. The van der Waals surface area contributed by atoms with Crippen molar-refractivity contribution < 1.29 is 9.53 Å². The maximum absolute atomic E-state index is 12.8. The Morgan fingerprint density at radius 1 is 1.05 bits per heavy atom. The Morgan fingerprint density at radius 3 is 2.62 bits per heavy atom. The summed E-state index contributed by atoms with van der Waals surface area (Å²) in [5.41, 5.74) is 6.69. The standard InChI is InChI=1S/C30H35ClN4O2/c1-20-16-27(21(2)28-25-17-23(31)6-7-26(25)32-29(20)28)35-13-8-22(18-35)19-37-30(36)34-14-9-24(10-15-34)33-11-4-3-5-12-33/h6-8,13,16-18,24,32H,3-5,9-12,14-15,19H2,1-2H3. The molecule has 1 amide bonds. The first-order valence-corrected chi connectivity index (χ1v) is 13.9. The number of likely N-dealkylation sites (tertiary alicyclic amines) is 2. The largest absolute Gasteiger partial charge is 0.444 e. The fourth-order valence-corrected chi connectivity index (χ4v) is 6.41. The third kappa shape index (κ3) is 4.73. The van der Waals surface area contributed by atoms with E-state index in [4.69, 9.17) is 16.3 Å². The second-order valence-electron chi connectivity index (χ2n) is 10.7. The number of fused-ring (bicyclic) bond motifs is 3. The highest BCUT2D eigenvalue weighted by atomic mass is 35.5. The lowest BCUT2D eigenvalue weighted by Gasteiger charge is -2.39. The number of piperidine rings is 2. The van der Waals surface area contributed by atoms with Crippen molar-refractivity contribution >= 4 is 39.5 Å². The summed E-state index contributed by atoms with van der Waals surface area (Å²) >= 11 is 6.32. The quantitative estimate of drug-likeness (QED) is 0.317. The van der Waals surface area contributed by atoms with Crippen LogP contribution in [0.2, 0.25) is 5.02 Å². The van der Waals surface area contributed by atoms with Crippen molar-refractivity contribution in [2.24, 2.45) is 0 Å². The summed E-state index contributed by atoms with van der Waals surface area (Å²) in [6.07, 6.45) is 9.98. The molecule has 0 spiro atoms. The fourth-order valence-electron chi connectivity index (χ4n) is 6.24.